The number of rotatable bonds is 6. The smallest absolute Gasteiger partial charge is 0.254 e. The summed E-state index contributed by atoms with van der Waals surface area (Å²) in [6.45, 7) is 9.97. The van der Waals surface area contributed by atoms with Crippen molar-refractivity contribution in [3.63, 3.8) is 0 Å². The number of benzene rings is 1. The van der Waals surface area contributed by atoms with Crippen LogP contribution in [-0.4, -0.2) is 48.5 Å². The van der Waals surface area contributed by atoms with Crippen molar-refractivity contribution >= 4 is 5.91 Å². The Balaban J connectivity index is 1.50. The van der Waals surface area contributed by atoms with Crippen molar-refractivity contribution in [2.75, 3.05) is 32.8 Å². The largest absolute Gasteiger partial charge is 0.494 e. The molecule has 0 spiro atoms. The summed E-state index contributed by atoms with van der Waals surface area (Å²) < 4.78 is 5.94. The maximum atomic E-state index is 12.8. The molecule has 1 aliphatic heterocycles. The van der Waals surface area contributed by atoms with Gasteiger partial charge in [0.25, 0.3) is 5.91 Å². The van der Waals surface area contributed by atoms with Gasteiger partial charge in [0.1, 0.15) is 5.75 Å². The van der Waals surface area contributed by atoms with Gasteiger partial charge >= 0.3 is 0 Å². The molecule has 142 valence electrons. The highest BCUT2D eigenvalue weighted by molar-refractivity contribution is 5.94. The molecule has 1 saturated carbocycles. The topological polar surface area (TPSA) is 32.8 Å². The average molecular weight is 357 g/mol. The lowest BCUT2D eigenvalue weighted by molar-refractivity contribution is 0.0669. The number of amides is 1. The van der Waals surface area contributed by atoms with Gasteiger partial charge < -0.3 is 14.5 Å². The summed E-state index contributed by atoms with van der Waals surface area (Å²) in [4.78, 5) is 16.9. The van der Waals surface area contributed by atoms with E-state index >= 15 is 0 Å². The van der Waals surface area contributed by atoms with Crippen molar-refractivity contribution in [1.29, 1.82) is 0 Å². The Morgan fingerprint density at radius 1 is 1.12 bits per heavy atom. The highest BCUT2D eigenvalue weighted by Crippen LogP contribution is 2.26. The van der Waals surface area contributed by atoms with E-state index in [2.05, 4.69) is 11.5 Å². The van der Waals surface area contributed by atoms with Gasteiger partial charge in [-0.15, -0.1) is 0 Å². The summed E-state index contributed by atoms with van der Waals surface area (Å²) in [5, 5.41) is 0. The summed E-state index contributed by atoms with van der Waals surface area (Å²) in [5.41, 5.74) is 1.80. The minimum Gasteiger partial charge on any atom is -0.494 e. The third kappa shape index (κ3) is 5.03. The summed E-state index contributed by atoms with van der Waals surface area (Å²) in [5.74, 6) is 1.73. The Labute approximate surface area is 157 Å². The number of nitrogens with zero attached hydrogens (tertiary/aromatic N) is 2. The number of carbonyl (C=O) groups is 1. The van der Waals surface area contributed by atoms with E-state index in [-0.39, 0.29) is 5.91 Å². The number of piperazine rings is 1. The quantitative estimate of drug-likeness (QED) is 0.761. The van der Waals surface area contributed by atoms with Gasteiger partial charge in [0.2, 0.25) is 0 Å². The summed E-state index contributed by atoms with van der Waals surface area (Å²) in [6.07, 6.45) is 7.94. The molecule has 1 saturated heterocycles. The van der Waals surface area contributed by atoms with Crippen LogP contribution in [0.15, 0.2) is 36.5 Å². The van der Waals surface area contributed by atoms with Crippen molar-refractivity contribution in [1.82, 2.24) is 9.80 Å². The van der Waals surface area contributed by atoms with E-state index in [1.165, 1.54) is 32.1 Å². The van der Waals surface area contributed by atoms with Crippen LogP contribution < -0.4 is 4.74 Å². The van der Waals surface area contributed by atoms with Gasteiger partial charge in [0.05, 0.1) is 6.61 Å². The number of hydrogen-bond acceptors (Lipinski definition) is 3. The molecule has 0 bridgehead atoms. The van der Waals surface area contributed by atoms with Gasteiger partial charge in [-0.2, -0.15) is 0 Å². The summed E-state index contributed by atoms with van der Waals surface area (Å²) in [6, 6.07) is 7.67. The average Bonchev–Trinajstić information content (AvgIpc) is 2.68. The fourth-order valence-corrected chi connectivity index (χ4v) is 4.01. The molecule has 1 aliphatic carbocycles. The summed E-state index contributed by atoms with van der Waals surface area (Å²) in [7, 11) is 0. The van der Waals surface area contributed by atoms with Gasteiger partial charge in [-0.05, 0) is 37.5 Å². The molecule has 0 radical (unpaired) electrons. The lowest BCUT2D eigenvalue weighted by atomic mass is 9.87. The maximum Gasteiger partial charge on any atom is 0.254 e. The molecule has 1 aromatic rings. The minimum atomic E-state index is 0.101. The second-order valence-corrected chi connectivity index (χ2v) is 7.68. The molecule has 0 unspecified atom stereocenters. The summed E-state index contributed by atoms with van der Waals surface area (Å²) >= 11 is 0. The zero-order valence-corrected chi connectivity index (χ0v) is 16.1. The number of allylic oxidation sites excluding steroid dienone is 1. The number of hydrogen-bond donors (Lipinski definition) is 0. The van der Waals surface area contributed by atoms with Crippen LogP contribution >= 0.6 is 0 Å². The normalized spacial score (nSPS) is 18.7. The Kier molecular flexibility index (Phi) is 6.59. The van der Waals surface area contributed by atoms with Crippen LogP contribution in [0.3, 0.4) is 0 Å². The van der Waals surface area contributed by atoms with Crippen LogP contribution in [0.25, 0.3) is 0 Å². The lowest BCUT2D eigenvalue weighted by Crippen LogP contribution is -2.47. The molecule has 0 N–H and O–H groups in total. The highest BCUT2D eigenvalue weighted by Gasteiger charge is 2.22. The highest BCUT2D eigenvalue weighted by atomic mass is 16.5. The van der Waals surface area contributed by atoms with Crippen LogP contribution in [0.4, 0.5) is 0 Å². The van der Waals surface area contributed by atoms with E-state index in [0.29, 0.717) is 0 Å². The van der Waals surface area contributed by atoms with Gasteiger partial charge in [-0.25, -0.2) is 0 Å². The fraction of sp³-hybridized carbons (Fsp3) is 0.591. The fourth-order valence-electron chi connectivity index (χ4n) is 4.01. The molecular weight excluding hydrogens is 324 g/mol. The molecule has 1 amide bonds. The SMILES string of the molecule is C=C(C)N1CCN(C(=O)c2cccc(OCCC3CCCCC3)c2)CC1. The molecule has 0 aromatic heterocycles. The first-order valence-electron chi connectivity index (χ1n) is 10.1. The molecule has 3 rings (SSSR count). The third-order valence-corrected chi connectivity index (χ3v) is 5.71. The standard InChI is InChI=1S/C22H32N2O2/c1-18(2)23-12-14-24(15-13-23)22(25)20-9-6-10-21(17-20)26-16-11-19-7-4-3-5-8-19/h6,9-10,17,19H,1,3-5,7-8,11-16H2,2H3. The molecule has 2 aliphatic rings. The van der Waals surface area contributed by atoms with Crippen LogP contribution in [0.1, 0.15) is 55.8 Å². The Bertz CT molecular complexity index is 614. The first-order valence-corrected chi connectivity index (χ1v) is 10.1. The monoisotopic (exact) mass is 356 g/mol. The molecule has 26 heavy (non-hydrogen) atoms. The second kappa shape index (κ2) is 9.11. The van der Waals surface area contributed by atoms with Crippen LogP contribution in [0.2, 0.25) is 0 Å². The molecule has 1 heterocycles. The van der Waals surface area contributed by atoms with E-state index < -0.39 is 0 Å². The van der Waals surface area contributed by atoms with Crippen molar-refractivity contribution in [3.8, 4) is 5.75 Å². The molecule has 4 nitrogen and oxygen atoms in total. The minimum absolute atomic E-state index is 0.101. The first-order chi connectivity index (χ1) is 12.6. The predicted molar refractivity (Wildman–Crippen MR) is 105 cm³/mol. The third-order valence-electron chi connectivity index (χ3n) is 5.71. The van der Waals surface area contributed by atoms with Gasteiger partial charge in [-0.3, -0.25) is 4.79 Å². The predicted octanol–water partition coefficient (Wildman–Crippen LogP) is 4.33. The van der Waals surface area contributed by atoms with Crippen molar-refractivity contribution in [2.24, 2.45) is 5.92 Å². The Morgan fingerprint density at radius 2 is 1.81 bits per heavy atom. The number of ether oxygens (including phenoxy) is 1. The Hall–Kier alpha value is -1.97. The molecule has 1 aromatic carbocycles. The van der Waals surface area contributed by atoms with E-state index in [1.54, 1.807) is 0 Å². The van der Waals surface area contributed by atoms with Crippen molar-refractivity contribution in [3.05, 3.63) is 42.1 Å². The molecule has 4 heteroatoms. The Morgan fingerprint density at radius 3 is 2.50 bits per heavy atom. The van der Waals surface area contributed by atoms with Crippen LogP contribution in [0, 0.1) is 5.92 Å². The van der Waals surface area contributed by atoms with Gasteiger partial charge in [0, 0.05) is 37.4 Å². The zero-order valence-electron chi connectivity index (χ0n) is 16.1. The van der Waals surface area contributed by atoms with E-state index in [9.17, 15) is 4.79 Å². The number of carbonyl (C=O) groups excluding carboxylic acids is 1. The molecule has 2 fully saturated rings. The maximum absolute atomic E-state index is 12.8. The van der Waals surface area contributed by atoms with Crippen LogP contribution in [0.5, 0.6) is 5.75 Å². The molecule has 0 atom stereocenters. The van der Waals surface area contributed by atoms with Gasteiger partial charge in [0.15, 0.2) is 0 Å². The zero-order chi connectivity index (χ0) is 18.4. The van der Waals surface area contributed by atoms with Crippen molar-refractivity contribution < 1.29 is 9.53 Å². The molecular formula is C22H32N2O2. The van der Waals surface area contributed by atoms with E-state index in [1.807, 2.05) is 36.1 Å². The van der Waals surface area contributed by atoms with E-state index in [0.717, 1.165) is 62.1 Å². The lowest BCUT2D eigenvalue weighted by Gasteiger charge is -2.36. The first kappa shape index (κ1) is 18.8. The van der Waals surface area contributed by atoms with E-state index in [4.69, 9.17) is 4.74 Å². The van der Waals surface area contributed by atoms with Crippen LogP contribution in [-0.2, 0) is 0 Å². The second-order valence-electron chi connectivity index (χ2n) is 7.68. The van der Waals surface area contributed by atoms with Crippen molar-refractivity contribution in [2.45, 2.75) is 45.4 Å². The van der Waals surface area contributed by atoms with Gasteiger partial charge in [-0.1, -0.05) is 44.7 Å².